The second-order valence-electron chi connectivity index (χ2n) is 30.1. The summed E-state index contributed by atoms with van der Waals surface area (Å²) >= 11 is 0. The van der Waals surface area contributed by atoms with E-state index in [-0.39, 0.29) is 150 Å². The van der Waals surface area contributed by atoms with Crippen LogP contribution in [0.15, 0.2) is 48.6 Å². The van der Waals surface area contributed by atoms with E-state index in [0.29, 0.717) is 51.4 Å². The Morgan fingerprint density at radius 2 is 0.702 bits per heavy atom. The summed E-state index contributed by atoms with van der Waals surface area (Å²) in [5, 5.41) is 32.1. The quantitative estimate of drug-likeness (QED) is 0.00987. The summed E-state index contributed by atoms with van der Waals surface area (Å²) in [7, 11) is -9.62. The predicted octanol–water partition coefficient (Wildman–Crippen LogP) is 13.2. The molecular formula is C86H158N4Na2O20P2. The van der Waals surface area contributed by atoms with Gasteiger partial charge in [-0.1, -0.05) is 252 Å². The van der Waals surface area contributed by atoms with Crippen LogP contribution in [0.4, 0.5) is 0 Å². The van der Waals surface area contributed by atoms with Crippen LogP contribution in [0.2, 0.25) is 0 Å². The number of hydrogen-bond acceptors (Lipinski definition) is 18. The summed E-state index contributed by atoms with van der Waals surface area (Å²) in [6.45, 7) is 10.5. The minimum absolute atomic E-state index is 0. The zero-order valence-electron chi connectivity index (χ0n) is 74.3. The Bertz CT molecular complexity index is 2700. The monoisotopic (exact) mass is 1680 g/mol. The normalized spacial score (nSPS) is 14.2. The van der Waals surface area contributed by atoms with E-state index in [1.807, 2.05) is 0 Å². The third kappa shape index (κ3) is 70.3. The molecule has 28 heteroatoms. The van der Waals surface area contributed by atoms with E-state index in [9.17, 15) is 57.9 Å². The molecule has 0 aliphatic heterocycles. The molecule has 0 fully saturated rings. The molecule has 4 unspecified atom stereocenters. The standard InChI is InChI=1S/C86H156N4O20P2.2Na.2H/c1-7-13-19-25-28-31-34-40-46-55-80(110-84(96)57-48-42-36-33-30-27-21-15-9-3)68-82(94)90-76(70-104-63-59-78(92)53-44-38-23-17-11-5)72-108-112(101,102)106-65-61-88-86(98)74-51-49-50-73(66-74)85(97)87-60-64-105-111(99,100)107-71-75(69-103-62-58-77(91)52-43-37-22-16-10-4)89-81(93)67-79(54-45-39-24-18-12-6)109-83(95)56-47-41-35-32-29-26-20-14-8-2;;;;/h32-33,35-36,49-51,66,75-80,91-92H,7-31,34,37-48,52-65,67-72H2,1-6H3,(H,87,97)(H,88,98)(H,89,93)(H,90,94)(H,99,100)(H,101,102);;;;/q;2*+1;2*-1/b35-32+,36-33+;;;;/t75?,76?,77-,78-,79-,80-;;;;/m1..../s1. The van der Waals surface area contributed by atoms with Gasteiger partial charge in [-0.25, -0.2) is 9.13 Å². The molecule has 0 spiro atoms. The molecule has 0 aliphatic carbocycles. The molecule has 0 aliphatic rings. The number of carbonyl (C=O) groups excluding carboxylic acids is 6. The largest absolute Gasteiger partial charge is 1.00 e. The fraction of sp³-hybridized carbons (Fsp3) is 0.814. The zero-order chi connectivity index (χ0) is 82.2. The van der Waals surface area contributed by atoms with Gasteiger partial charge in [0.05, 0.1) is 76.8 Å². The number of phosphoric acid groups is 2. The van der Waals surface area contributed by atoms with Crippen molar-refractivity contribution in [2.24, 2.45) is 0 Å². The minimum atomic E-state index is -4.81. The number of aliphatic hydroxyl groups is 2. The molecular weight excluding hydrogens is 1520 g/mol. The van der Waals surface area contributed by atoms with E-state index in [0.717, 1.165) is 161 Å². The number of amides is 4. The van der Waals surface area contributed by atoms with E-state index in [4.69, 9.17) is 37.0 Å². The first-order valence-electron chi connectivity index (χ1n) is 43.9. The maximum absolute atomic E-state index is 13.8. The Hall–Kier alpha value is -2.42. The van der Waals surface area contributed by atoms with E-state index >= 15 is 0 Å². The number of hydrogen-bond donors (Lipinski definition) is 8. The molecule has 1 aromatic carbocycles. The Balaban J connectivity index is -0.0000157. The van der Waals surface area contributed by atoms with Crippen LogP contribution in [0.3, 0.4) is 0 Å². The predicted molar refractivity (Wildman–Crippen MR) is 448 cm³/mol. The summed E-state index contributed by atoms with van der Waals surface area (Å²) in [6.07, 6.45) is 48.6. The Morgan fingerprint density at radius 1 is 0.395 bits per heavy atom. The molecule has 654 valence electrons. The van der Waals surface area contributed by atoms with Crippen LogP contribution >= 0.6 is 15.6 Å². The van der Waals surface area contributed by atoms with Crippen molar-refractivity contribution >= 4 is 51.2 Å². The number of esters is 2. The summed E-state index contributed by atoms with van der Waals surface area (Å²) in [4.78, 5) is 102. The number of allylic oxidation sites excluding steroid dienone is 4. The number of unbranched alkanes of at least 4 members (excludes halogenated alkanes) is 30. The van der Waals surface area contributed by atoms with Gasteiger partial charge in [0.15, 0.2) is 0 Å². The van der Waals surface area contributed by atoms with Crippen molar-refractivity contribution < 1.29 is 157 Å². The van der Waals surface area contributed by atoms with E-state index < -0.39 is 102 Å². The van der Waals surface area contributed by atoms with Crippen LogP contribution in [0.5, 0.6) is 0 Å². The van der Waals surface area contributed by atoms with E-state index in [1.165, 1.54) is 94.9 Å². The third-order valence-electron chi connectivity index (χ3n) is 19.4. The molecule has 0 bridgehead atoms. The van der Waals surface area contributed by atoms with Gasteiger partial charge in [-0.3, -0.25) is 46.9 Å². The number of benzene rings is 1. The number of carbonyl (C=O) groups is 6. The topological polar surface area (TPSA) is 339 Å². The van der Waals surface area contributed by atoms with Crippen molar-refractivity contribution in [3.05, 3.63) is 59.7 Å². The number of aliphatic hydroxyl groups excluding tert-OH is 2. The molecule has 1 aromatic rings. The Kier molecular flexibility index (Phi) is 78.8. The summed E-state index contributed by atoms with van der Waals surface area (Å²) in [5.41, 5.74) is 0.112. The van der Waals surface area contributed by atoms with Crippen LogP contribution in [-0.2, 0) is 65.4 Å². The third-order valence-corrected chi connectivity index (χ3v) is 21.3. The van der Waals surface area contributed by atoms with E-state index in [2.05, 4.69) is 87.1 Å². The number of phosphoric ester groups is 2. The Morgan fingerprint density at radius 3 is 1.04 bits per heavy atom. The average Bonchev–Trinajstić information content (AvgIpc) is 0.864. The van der Waals surface area contributed by atoms with Crippen molar-refractivity contribution in [2.45, 2.75) is 386 Å². The van der Waals surface area contributed by atoms with Gasteiger partial charge < -0.3 is 63.1 Å². The van der Waals surface area contributed by atoms with Crippen molar-refractivity contribution in [1.82, 2.24) is 21.3 Å². The van der Waals surface area contributed by atoms with Crippen LogP contribution in [0, 0.1) is 0 Å². The summed E-state index contributed by atoms with van der Waals surface area (Å²) < 4.78 is 71.4. The van der Waals surface area contributed by atoms with Crippen molar-refractivity contribution in [3.63, 3.8) is 0 Å². The molecule has 0 radical (unpaired) electrons. The SMILES string of the molecule is CCCCCC/C=C/CCCC(=O)O[C@H](CCCCCCC)CC(=O)NC(COCC[C@H](O)CCCCCCC)COP(=O)(O)OCCNC(=O)c1cccc(C(=O)NCCOP(=O)(O)OCC(COCC[C@H](O)CCCCCCC)NC(=O)C[C@@H](CCCCCCCCCCC)OC(=O)CCC/C=C/CCCCCC)c1.[H-].[H-].[Na+].[Na+]. The smallest absolute Gasteiger partial charge is 1.00 e. The molecule has 8 atom stereocenters. The van der Waals surface area contributed by atoms with Gasteiger partial charge >= 0.3 is 86.7 Å². The molecule has 114 heavy (non-hydrogen) atoms. The van der Waals surface area contributed by atoms with Crippen molar-refractivity contribution in [2.75, 3.05) is 65.9 Å². The number of rotatable bonds is 80. The molecule has 8 N–H and O–H groups in total. The van der Waals surface area contributed by atoms with Gasteiger partial charge in [-0.15, -0.1) is 0 Å². The molecule has 0 aromatic heterocycles. The number of ether oxygens (including phenoxy) is 4. The van der Waals surface area contributed by atoms with Gasteiger partial charge in [-0.2, -0.15) is 0 Å². The van der Waals surface area contributed by atoms with Crippen molar-refractivity contribution in [1.29, 1.82) is 0 Å². The Labute approximate surface area is 735 Å². The van der Waals surface area contributed by atoms with Crippen LogP contribution in [0.1, 0.15) is 373 Å². The van der Waals surface area contributed by atoms with Crippen LogP contribution in [-0.4, -0.2) is 158 Å². The first kappa shape index (κ1) is 114. The fourth-order valence-corrected chi connectivity index (χ4v) is 14.2. The molecule has 0 heterocycles. The van der Waals surface area contributed by atoms with Gasteiger partial charge in [0.1, 0.15) is 12.2 Å². The van der Waals surface area contributed by atoms with Gasteiger partial charge in [0.25, 0.3) is 11.8 Å². The molecule has 24 nitrogen and oxygen atoms in total. The zero-order valence-corrected chi connectivity index (χ0v) is 78.1. The number of nitrogens with one attached hydrogen (secondary N) is 4. The first-order chi connectivity index (χ1) is 54.2. The molecule has 1 rings (SSSR count). The second-order valence-corrected chi connectivity index (χ2v) is 33.0. The molecule has 4 amide bonds. The molecule has 0 saturated heterocycles. The maximum atomic E-state index is 13.8. The second kappa shape index (κ2) is 79.1. The summed E-state index contributed by atoms with van der Waals surface area (Å²) in [5.74, 6) is -3.01. The van der Waals surface area contributed by atoms with Crippen molar-refractivity contribution in [3.8, 4) is 0 Å². The van der Waals surface area contributed by atoms with E-state index in [1.54, 1.807) is 0 Å². The first-order valence-corrected chi connectivity index (χ1v) is 46.9. The molecule has 0 saturated carbocycles. The van der Waals surface area contributed by atoms with Crippen LogP contribution in [0.25, 0.3) is 0 Å². The fourth-order valence-electron chi connectivity index (χ4n) is 12.6. The minimum Gasteiger partial charge on any atom is -1.00 e. The van der Waals surface area contributed by atoms with Gasteiger partial charge in [-0.05, 0) is 121 Å². The average molecular weight is 1680 g/mol. The maximum Gasteiger partial charge on any atom is 1.00 e. The van der Waals surface area contributed by atoms with Gasteiger partial charge in [0.2, 0.25) is 11.8 Å². The van der Waals surface area contributed by atoms with Gasteiger partial charge in [0, 0.05) is 50.3 Å². The van der Waals surface area contributed by atoms with Crippen LogP contribution < -0.4 is 80.4 Å². The summed E-state index contributed by atoms with van der Waals surface area (Å²) in [6, 6.07) is 3.76.